The highest BCUT2D eigenvalue weighted by Crippen LogP contribution is 2.30. The second-order valence-electron chi connectivity index (χ2n) is 4.26. The molecule has 0 fully saturated rings. The highest BCUT2D eigenvalue weighted by Gasteiger charge is 2.21. The van der Waals surface area contributed by atoms with Gasteiger partial charge in [-0.1, -0.05) is 17.5 Å². The largest absolute Gasteiger partial charge is 0.497 e. The summed E-state index contributed by atoms with van der Waals surface area (Å²) < 4.78 is 9.25. The topological polar surface area (TPSA) is 73.1 Å². The first-order valence-electron chi connectivity index (χ1n) is 6.13. The van der Waals surface area contributed by atoms with Gasteiger partial charge in [0.1, 0.15) is 5.75 Å². The normalized spacial score (nSPS) is 12.4. The first kappa shape index (κ1) is 13.9. The molecule has 1 heterocycles. The SMILES string of the molecule is CCc1nnsc1C(NN)c1ccc(OC)cc1C. The van der Waals surface area contributed by atoms with E-state index in [9.17, 15) is 0 Å². The highest BCUT2D eigenvalue weighted by molar-refractivity contribution is 7.05. The lowest BCUT2D eigenvalue weighted by molar-refractivity contribution is 0.414. The number of hydrogen-bond acceptors (Lipinski definition) is 6. The third kappa shape index (κ3) is 2.75. The van der Waals surface area contributed by atoms with E-state index < -0.39 is 0 Å². The summed E-state index contributed by atoms with van der Waals surface area (Å²) >= 11 is 1.39. The molecule has 1 aromatic heterocycles. The summed E-state index contributed by atoms with van der Waals surface area (Å²) in [5.41, 5.74) is 6.09. The number of hydrogen-bond donors (Lipinski definition) is 2. The van der Waals surface area contributed by atoms with Crippen LogP contribution in [0.25, 0.3) is 0 Å². The fraction of sp³-hybridized carbons (Fsp3) is 0.385. The van der Waals surface area contributed by atoms with Crippen molar-refractivity contribution in [2.45, 2.75) is 26.3 Å². The maximum Gasteiger partial charge on any atom is 0.119 e. The molecule has 0 amide bonds. The van der Waals surface area contributed by atoms with Crippen LogP contribution in [0.3, 0.4) is 0 Å². The molecule has 0 aliphatic rings. The third-order valence-corrected chi connectivity index (χ3v) is 3.97. The summed E-state index contributed by atoms with van der Waals surface area (Å²) in [4.78, 5) is 1.07. The molecule has 2 aromatic rings. The van der Waals surface area contributed by atoms with Gasteiger partial charge in [0.2, 0.25) is 0 Å². The molecule has 1 unspecified atom stereocenters. The Morgan fingerprint density at radius 1 is 1.47 bits per heavy atom. The van der Waals surface area contributed by atoms with Crippen LogP contribution in [0.1, 0.15) is 34.7 Å². The van der Waals surface area contributed by atoms with Gasteiger partial charge in [0.15, 0.2) is 0 Å². The van der Waals surface area contributed by atoms with E-state index >= 15 is 0 Å². The average molecular weight is 278 g/mol. The number of methoxy groups -OCH3 is 1. The van der Waals surface area contributed by atoms with Gasteiger partial charge in [0, 0.05) is 0 Å². The minimum atomic E-state index is -0.0825. The Labute approximate surface area is 116 Å². The molecule has 0 aliphatic heterocycles. The summed E-state index contributed by atoms with van der Waals surface area (Å²) in [6.07, 6.45) is 0.846. The Balaban J connectivity index is 2.42. The van der Waals surface area contributed by atoms with Crippen molar-refractivity contribution in [1.82, 2.24) is 15.0 Å². The zero-order valence-corrected chi connectivity index (χ0v) is 12.1. The van der Waals surface area contributed by atoms with E-state index in [0.717, 1.165) is 33.9 Å². The van der Waals surface area contributed by atoms with Gasteiger partial charge in [0.05, 0.1) is 23.7 Å². The van der Waals surface area contributed by atoms with Crippen molar-refractivity contribution in [3.63, 3.8) is 0 Å². The second-order valence-corrected chi connectivity index (χ2v) is 5.05. The van der Waals surface area contributed by atoms with Crippen LogP contribution in [0.5, 0.6) is 5.75 Å². The molecule has 1 atom stereocenters. The molecule has 0 spiro atoms. The number of aromatic nitrogens is 2. The van der Waals surface area contributed by atoms with Crippen LogP contribution in [0.2, 0.25) is 0 Å². The van der Waals surface area contributed by atoms with Gasteiger partial charge in [-0.3, -0.25) is 5.84 Å². The number of ether oxygens (including phenoxy) is 1. The summed E-state index contributed by atoms with van der Waals surface area (Å²) in [6.45, 7) is 4.11. The lowest BCUT2D eigenvalue weighted by Gasteiger charge is -2.18. The van der Waals surface area contributed by atoms with E-state index in [-0.39, 0.29) is 6.04 Å². The van der Waals surface area contributed by atoms with Crippen molar-refractivity contribution < 1.29 is 4.74 Å². The predicted octanol–water partition coefficient (Wildman–Crippen LogP) is 1.97. The summed E-state index contributed by atoms with van der Waals surface area (Å²) in [5.74, 6) is 6.57. The Hall–Kier alpha value is -1.50. The maximum absolute atomic E-state index is 5.73. The van der Waals surface area contributed by atoms with Gasteiger partial charge in [-0.2, -0.15) is 0 Å². The lowest BCUT2D eigenvalue weighted by atomic mass is 9.99. The van der Waals surface area contributed by atoms with Gasteiger partial charge in [0.25, 0.3) is 0 Å². The predicted molar refractivity (Wildman–Crippen MR) is 76.2 cm³/mol. The maximum atomic E-state index is 5.73. The zero-order valence-electron chi connectivity index (χ0n) is 11.3. The second kappa shape index (κ2) is 6.10. The number of nitrogens with two attached hydrogens (primary N) is 1. The van der Waals surface area contributed by atoms with Gasteiger partial charge in [-0.25, -0.2) is 5.43 Å². The van der Waals surface area contributed by atoms with E-state index in [4.69, 9.17) is 10.6 Å². The lowest BCUT2D eigenvalue weighted by Crippen LogP contribution is -2.29. The Bertz CT molecular complexity index is 555. The third-order valence-electron chi connectivity index (χ3n) is 3.14. The zero-order chi connectivity index (χ0) is 13.8. The van der Waals surface area contributed by atoms with Crippen LogP contribution in [0.4, 0.5) is 0 Å². The molecule has 0 saturated carbocycles. The number of hydrazine groups is 1. The van der Waals surface area contributed by atoms with E-state index in [1.54, 1.807) is 7.11 Å². The van der Waals surface area contributed by atoms with Crippen molar-refractivity contribution in [3.8, 4) is 5.75 Å². The van der Waals surface area contributed by atoms with E-state index in [1.807, 2.05) is 25.1 Å². The van der Waals surface area contributed by atoms with Crippen LogP contribution in [0.15, 0.2) is 18.2 Å². The Morgan fingerprint density at radius 2 is 2.26 bits per heavy atom. The molecule has 0 saturated heterocycles. The monoisotopic (exact) mass is 278 g/mol. The molecular formula is C13H18N4OS. The molecule has 1 aromatic carbocycles. The van der Waals surface area contributed by atoms with E-state index in [0.29, 0.717) is 0 Å². The van der Waals surface area contributed by atoms with Crippen LogP contribution in [0, 0.1) is 6.92 Å². The number of benzene rings is 1. The van der Waals surface area contributed by atoms with Crippen LogP contribution in [-0.4, -0.2) is 16.7 Å². The van der Waals surface area contributed by atoms with Crippen LogP contribution < -0.4 is 16.0 Å². The van der Waals surface area contributed by atoms with Gasteiger partial charge >= 0.3 is 0 Å². The van der Waals surface area contributed by atoms with Gasteiger partial charge in [-0.15, -0.1) is 5.10 Å². The summed E-state index contributed by atoms with van der Waals surface area (Å²) in [7, 11) is 1.66. The van der Waals surface area contributed by atoms with E-state index in [1.165, 1.54) is 11.5 Å². The van der Waals surface area contributed by atoms with Crippen molar-refractivity contribution in [2.75, 3.05) is 7.11 Å². The van der Waals surface area contributed by atoms with E-state index in [2.05, 4.69) is 21.9 Å². The average Bonchev–Trinajstić information content (AvgIpc) is 2.89. The molecule has 19 heavy (non-hydrogen) atoms. The molecule has 6 heteroatoms. The molecule has 5 nitrogen and oxygen atoms in total. The number of aryl methyl sites for hydroxylation is 2. The standard InChI is InChI=1S/C13H18N4OS/c1-4-11-13(19-17-16-11)12(15-14)10-6-5-9(18-3)7-8(10)2/h5-7,12,15H,4,14H2,1-3H3. The van der Waals surface area contributed by atoms with Gasteiger partial charge in [-0.05, 0) is 48.1 Å². The minimum absolute atomic E-state index is 0.0825. The molecule has 2 rings (SSSR count). The summed E-state index contributed by atoms with van der Waals surface area (Å²) in [5, 5.41) is 4.14. The highest BCUT2D eigenvalue weighted by atomic mass is 32.1. The first-order valence-corrected chi connectivity index (χ1v) is 6.90. The van der Waals surface area contributed by atoms with Crippen molar-refractivity contribution in [1.29, 1.82) is 0 Å². The quantitative estimate of drug-likeness (QED) is 0.646. The Kier molecular flexibility index (Phi) is 4.47. The van der Waals surface area contributed by atoms with Gasteiger partial charge < -0.3 is 4.74 Å². The van der Waals surface area contributed by atoms with Crippen LogP contribution in [-0.2, 0) is 6.42 Å². The Morgan fingerprint density at radius 3 is 2.84 bits per heavy atom. The smallest absolute Gasteiger partial charge is 0.119 e. The van der Waals surface area contributed by atoms with Crippen molar-refractivity contribution in [2.24, 2.45) is 5.84 Å². The molecule has 102 valence electrons. The van der Waals surface area contributed by atoms with Crippen molar-refractivity contribution in [3.05, 3.63) is 39.9 Å². The summed E-state index contributed by atoms with van der Waals surface area (Å²) in [6, 6.07) is 5.88. The molecular weight excluding hydrogens is 260 g/mol. The number of nitrogens with zero attached hydrogens (tertiary/aromatic N) is 2. The number of nitrogens with one attached hydrogen (secondary N) is 1. The minimum Gasteiger partial charge on any atom is -0.497 e. The fourth-order valence-corrected chi connectivity index (χ4v) is 2.90. The fourth-order valence-electron chi connectivity index (χ4n) is 2.09. The van der Waals surface area contributed by atoms with Crippen molar-refractivity contribution >= 4 is 11.5 Å². The first-order chi connectivity index (χ1) is 9.21. The van der Waals surface area contributed by atoms with Crippen LogP contribution >= 0.6 is 11.5 Å². The number of rotatable bonds is 5. The molecule has 0 aliphatic carbocycles. The molecule has 0 bridgehead atoms. The molecule has 0 radical (unpaired) electrons. The molecule has 3 N–H and O–H groups in total.